The van der Waals surface area contributed by atoms with Gasteiger partial charge in [0.1, 0.15) is 11.9 Å². The topological polar surface area (TPSA) is 84.9 Å². The van der Waals surface area contributed by atoms with Crippen molar-refractivity contribution in [2.75, 3.05) is 23.3 Å². The Balaban J connectivity index is 1.26. The smallest absolute Gasteiger partial charge is 0.408 e. The fourth-order valence-electron chi connectivity index (χ4n) is 6.14. The van der Waals surface area contributed by atoms with E-state index in [4.69, 9.17) is 4.42 Å². The van der Waals surface area contributed by atoms with Gasteiger partial charge in [-0.2, -0.15) is 31.3 Å². The quantitative estimate of drug-likeness (QED) is 0.446. The van der Waals surface area contributed by atoms with E-state index in [-0.39, 0.29) is 42.5 Å². The van der Waals surface area contributed by atoms with Crippen molar-refractivity contribution in [1.82, 2.24) is 25.0 Å². The summed E-state index contributed by atoms with van der Waals surface area (Å²) >= 11 is 0. The Labute approximate surface area is 213 Å². The maximum absolute atomic E-state index is 13.9. The second-order valence-electron chi connectivity index (χ2n) is 10.3. The molecule has 2 bridgehead atoms. The van der Waals surface area contributed by atoms with E-state index in [1.165, 1.54) is 12.1 Å². The van der Waals surface area contributed by atoms with Crippen molar-refractivity contribution < 1.29 is 30.8 Å². The van der Waals surface area contributed by atoms with E-state index in [0.29, 0.717) is 30.6 Å². The van der Waals surface area contributed by atoms with Crippen LogP contribution in [0.2, 0.25) is 0 Å². The molecule has 4 heterocycles. The number of nitrogens with one attached hydrogen (secondary N) is 1. The van der Waals surface area contributed by atoms with Gasteiger partial charge in [0.05, 0.1) is 5.56 Å². The lowest BCUT2D eigenvalue weighted by molar-refractivity contribution is -0.175. The predicted octanol–water partition coefficient (Wildman–Crippen LogP) is 5.34. The molecule has 1 aliphatic carbocycles. The molecular formula is C24H25F6N7O. The van der Waals surface area contributed by atoms with Crippen LogP contribution in [-0.4, -0.2) is 50.3 Å². The first-order valence-electron chi connectivity index (χ1n) is 12.5. The summed E-state index contributed by atoms with van der Waals surface area (Å²) in [6.45, 7) is 3.03. The summed E-state index contributed by atoms with van der Waals surface area (Å²) in [5.41, 5.74) is -0.339. The molecule has 14 heteroatoms. The number of aromatic nitrogens is 5. The molecule has 2 aromatic heterocycles. The third kappa shape index (κ3) is 4.47. The molecule has 4 atom stereocenters. The van der Waals surface area contributed by atoms with Crippen LogP contribution in [0.5, 0.6) is 0 Å². The van der Waals surface area contributed by atoms with E-state index in [1.54, 1.807) is 6.92 Å². The first kappa shape index (κ1) is 25.0. The maximum Gasteiger partial charge on any atom is 0.416 e. The minimum Gasteiger partial charge on any atom is -0.408 e. The van der Waals surface area contributed by atoms with Crippen molar-refractivity contribution in [2.45, 2.75) is 63.0 Å². The van der Waals surface area contributed by atoms with Gasteiger partial charge in [0.2, 0.25) is 11.8 Å². The number of hydrogen-bond donors (Lipinski definition) is 1. The van der Waals surface area contributed by atoms with Gasteiger partial charge in [-0.3, -0.25) is 0 Å². The third-order valence-corrected chi connectivity index (χ3v) is 7.93. The third-order valence-electron chi connectivity index (χ3n) is 7.93. The summed E-state index contributed by atoms with van der Waals surface area (Å²) in [5, 5.41) is 15.5. The van der Waals surface area contributed by atoms with Gasteiger partial charge in [0.25, 0.3) is 0 Å². The average Bonchev–Trinajstić information content (AvgIpc) is 3.53. The molecule has 6 rings (SSSR count). The summed E-state index contributed by atoms with van der Waals surface area (Å²) in [4.78, 5) is 6.51. The van der Waals surface area contributed by atoms with E-state index < -0.39 is 29.9 Å². The zero-order chi connectivity index (χ0) is 26.8. The molecule has 0 amide bonds. The normalized spacial score (nSPS) is 27.4. The number of rotatable bonds is 4. The van der Waals surface area contributed by atoms with Crippen LogP contribution in [0.4, 0.5) is 38.3 Å². The number of aryl methyl sites for hydroxylation is 1. The largest absolute Gasteiger partial charge is 0.416 e. The Morgan fingerprint density at radius 3 is 2.18 bits per heavy atom. The van der Waals surface area contributed by atoms with Gasteiger partial charge in [0.15, 0.2) is 0 Å². The summed E-state index contributed by atoms with van der Waals surface area (Å²) in [5.74, 6) is 0.459. The molecule has 0 spiro atoms. The Morgan fingerprint density at radius 2 is 1.61 bits per heavy atom. The second-order valence-corrected chi connectivity index (χ2v) is 10.3. The minimum atomic E-state index is -4.53. The van der Waals surface area contributed by atoms with Crippen molar-refractivity contribution in [3.8, 4) is 0 Å². The summed E-state index contributed by atoms with van der Waals surface area (Å²) in [6, 6.07) is 3.09. The van der Waals surface area contributed by atoms with Crippen molar-refractivity contribution in [3.05, 3.63) is 47.1 Å². The fraction of sp³-hybridized carbons (Fsp3) is 0.583. The van der Waals surface area contributed by atoms with Crippen molar-refractivity contribution >= 4 is 12.0 Å². The Kier molecular flexibility index (Phi) is 5.83. The van der Waals surface area contributed by atoms with Crippen LogP contribution in [0, 0.1) is 18.8 Å². The molecule has 4 unspecified atom stereocenters. The van der Waals surface area contributed by atoms with Crippen LogP contribution < -0.4 is 10.2 Å². The number of fused-ring (bicyclic) bond motifs is 3. The zero-order valence-corrected chi connectivity index (χ0v) is 20.3. The van der Waals surface area contributed by atoms with E-state index in [1.807, 2.05) is 4.90 Å². The van der Waals surface area contributed by atoms with Crippen LogP contribution in [0.25, 0.3) is 0 Å². The Bertz CT molecular complexity index is 1290. The fourth-order valence-corrected chi connectivity index (χ4v) is 6.14. The SMILES string of the molecule is Cc1nnc(N2CC3CCC(C2)C3Nc2nc3n(n2)C(C(F)(F)F)CCC3c2ccc(C(F)(F)F)cc2)o1. The van der Waals surface area contributed by atoms with Gasteiger partial charge in [-0.15, -0.1) is 10.2 Å². The van der Waals surface area contributed by atoms with E-state index >= 15 is 0 Å². The molecule has 1 aromatic carbocycles. The number of hydrogen-bond acceptors (Lipinski definition) is 7. The lowest BCUT2D eigenvalue weighted by Gasteiger charge is -2.37. The van der Waals surface area contributed by atoms with E-state index in [9.17, 15) is 26.3 Å². The Morgan fingerprint density at radius 1 is 0.921 bits per heavy atom. The maximum atomic E-state index is 13.9. The minimum absolute atomic E-state index is 0.0337. The molecule has 1 saturated carbocycles. The van der Waals surface area contributed by atoms with Crippen LogP contribution >= 0.6 is 0 Å². The predicted molar refractivity (Wildman–Crippen MR) is 123 cm³/mol. The molecule has 2 aliphatic heterocycles. The summed E-state index contributed by atoms with van der Waals surface area (Å²) < 4.78 is 87.2. The van der Waals surface area contributed by atoms with Crippen molar-refractivity contribution in [1.29, 1.82) is 0 Å². The van der Waals surface area contributed by atoms with Crippen LogP contribution in [-0.2, 0) is 6.18 Å². The molecule has 2 fully saturated rings. The molecular weight excluding hydrogens is 516 g/mol. The molecule has 38 heavy (non-hydrogen) atoms. The van der Waals surface area contributed by atoms with E-state index in [2.05, 4.69) is 25.6 Å². The van der Waals surface area contributed by atoms with Crippen molar-refractivity contribution in [2.24, 2.45) is 11.8 Å². The second kappa shape index (κ2) is 8.87. The van der Waals surface area contributed by atoms with Gasteiger partial charge in [-0.05, 0) is 55.2 Å². The van der Waals surface area contributed by atoms with Crippen LogP contribution in [0.1, 0.15) is 60.5 Å². The van der Waals surface area contributed by atoms with Gasteiger partial charge in [0, 0.05) is 32.0 Å². The zero-order valence-electron chi connectivity index (χ0n) is 20.3. The first-order chi connectivity index (χ1) is 18.0. The average molecular weight is 542 g/mol. The molecule has 1 saturated heterocycles. The molecule has 3 aliphatic rings. The number of nitrogens with zero attached hydrogens (tertiary/aromatic N) is 6. The summed E-state index contributed by atoms with van der Waals surface area (Å²) in [6.07, 6.45) is -7.31. The molecule has 3 aromatic rings. The van der Waals surface area contributed by atoms with Gasteiger partial charge >= 0.3 is 18.4 Å². The number of halogens is 6. The molecule has 0 radical (unpaired) electrons. The highest BCUT2D eigenvalue weighted by atomic mass is 19.4. The lowest BCUT2D eigenvalue weighted by Crippen LogP contribution is -2.48. The molecule has 8 nitrogen and oxygen atoms in total. The number of alkyl halides is 6. The van der Waals surface area contributed by atoms with Crippen LogP contribution in [0.15, 0.2) is 28.7 Å². The van der Waals surface area contributed by atoms with Gasteiger partial charge in [-0.1, -0.05) is 17.2 Å². The number of anilines is 2. The standard InChI is InChI=1S/C24H25F6N7O/c1-12-33-34-22(38-12)36-10-14-2-3-15(11-36)19(14)31-21-32-20-17(8-9-18(24(28,29)30)37(20)35-21)13-4-6-16(7-5-13)23(25,26)27/h4-7,14-15,17-19H,2-3,8-11H2,1H3,(H,31,35). The lowest BCUT2D eigenvalue weighted by atomic mass is 9.88. The summed E-state index contributed by atoms with van der Waals surface area (Å²) in [7, 11) is 0. The highest BCUT2D eigenvalue weighted by Gasteiger charge is 2.48. The van der Waals surface area contributed by atoms with Gasteiger partial charge < -0.3 is 14.6 Å². The molecule has 1 N–H and O–H groups in total. The molecule has 204 valence electrons. The van der Waals surface area contributed by atoms with Gasteiger partial charge in [-0.25, -0.2) is 4.68 Å². The Hall–Kier alpha value is -3.32. The number of benzene rings is 1. The van der Waals surface area contributed by atoms with Crippen LogP contribution in [0.3, 0.4) is 0 Å². The first-order valence-corrected chi connectivity index (χ1v) is 12.5. The highest BCUT2D eigenvalue weighted by Crippen LogP contribution is 2.45. The van der Waals surface area contributed by atoms with Crippen molar-refractivity contribution in [3.63, 3.8) is 0 Å². The number of piperidine rings is 1. The highest BCUT2D eigenvalue weighted by molar-refractivity contribution is 5.37. The van der Waals surface area contributed by atoms with E-state index in [0.717, 1.165) is 29.7 Å². The monoisotopic (exact) mass is 541 g/mol.